The number of hydrogen-bond acceptors (Lipinski definition) is 3. The molecule has 3 N–H and O–H groups in total. The van der Waals surface area contributed by atoms with Gasteiger partial charge in [0.2, 0.25) is 5.91 Å². The second kappa shape index (κ2) is 6.81. The number of phenolic OH excluding ortho intramolecular Hbond substituents is 1. The van der Waals surface area contributed by atoms with Crippen LogP contribution in [0.15, 0.2) is 24.3 Å². The fraction of sp³-hybridized carbons (Fsp3) is 0.400. The number of nitrogens with zero attached hydrogens (tertiary/aromatic N) is 1. The number of terminal acetylenes is 1. The first-order valence-corrected chi connectivity index (χ1v) is 6.29. The van der Waals surface area contributed by atoms with Gasteiger partial charge in [0.05, 0.1) is 12.1 Å². The van der Waals surface area contributed by atoms with E-state index in [2.05, 4.69) is 5.92 Å². The zero-order valence-electron chi connectivity index (χ0n) is 11.3. The van der Waals surface area contributed by atoms with Crippen molar-refractivity contribution in [3.63, 3.8) is 0 Å². The maximum absolute atomic E-state index is 12.2. The van der Waals surface area contributed by atoms with E-state index in [1.54, 1.807) is 23.1 Å². The molecule has 0 aliphatic rings. The fourth-order valence-electron chi connectivity index (χ4n) is 2.01. The number of nitrogens with two attached hydrogens (primary N) is 1. The first-order chi connectivity index (χ1) is 9.01. The molecule has 0 radical (unpaired) electrons. The van der Waals surface area contributed by atoms with Crippen LogP contribution in [0.25, 0.3) is 0 Å². The van der Waals surface area contributed by atoms with Crippen LogP contribution in [0.4, 0.5) is 0 Å². The van der Waals surface area contributed by atoms with Crippen LogP contribution >= 0.6 is 0 Å². The average molecular weight is 260 g/mol. The van der Waals surface area contributed by atoms with Crippen LogP contribution in [0.5, 0.6) is 5.75 Å². The van der Waals surface area contributed by atoms with Gasteiger partial charge in [-0.2, -0.15) is 0 Å². The van der Waals surface area contributed by atoms with Crippen LogP contribution in [0, 0.1) is 12.3 Å². The summed E-state index contributed by atoms with van der Waals surface area (Å²) >= 11 is 0. The predicted octanol–water partition coefficient (Wildman–Crippen LogP) is 1.65. The number of aromatic hydroxyl groups is 1. The summed E-state index contributed by atoms with van der Waals surface area (Å²) in [7, 11) is 0. The SMILES string of the molecule is C#CCC(N)C(=O)N(CC)C(C)c1cccc(O)c1. The Labute approximate surface area is 114 Å². The highest BCUT2D eigenvalue weighted by Gasteiger charge is 2.24. The highest BCUT2D eigenvalue weighted by molar-refractivity contribution is 5.82. The van der Waals surface area contributed by atoms with Gasteiger partial charge in [-0.05, 0) is 31.5 Å². The summed E-state index contributed by atoms with van der Waals surface area (Å²) in [5.74, 6) is 2.41. The number of amides is 1. The van der Waals surface area contributed by atoms with Crippen LogP contribution in [0.2, 0.25) is 0 Å². The quantitative estimate of drug-likeness (QED) is 0.791. The van der Waals surface area contributed by atoms with Crippen molar-refractivity contribution in [3.8, 4) is 18.1 Å². The third kappa shape index (κ3) is 3.73. The summed E-state index contributed by atoms with van der Waals surface area (Å²) in [5.41, 5.74) is 6.63. The normalized spacial score (nSPS) is 13.4. The number of carbonyl (C=O) groups is 1. The third-order valence-electron chi connectivity index (χ3n) is 3.10. The predicted molar refractivity (Wildman–Crippen MR) is 75.3 cm³/mol. The monoisotopic (exact) mass is 260 g/mol. The summed E-state index contributed by atoms with van der Waals surface area (Å²) in [5, 5.41) is 9.49. The average Bonchev–Trinajstić information content (AvgIpc) is 2.39. The molecule has 2 unspecified atom stereocenters. The van der Waals surface area contributed by atoms with Crippen LogP contribution < -0.4 is 5.73 Å². The van der Waals surface area contributed by atoms with Gasteiger partial charge < -0.3 is 15.7 Å². The van der Waals surface area contributed by atoms with Crippen LogP contribution in [-0.2, 0) is 4.79 Å². The van der Waals surface area contributed by atoms with E-state index in [4.69, 9.17) is 12.2 Å². The van der Waals surface area contributed by atoms with Gasteiger partial charge in [0.25, 0.3) is 0 Å². The van der Waals surface area contributed by atoms with Gasteiger partial charge in [0.1, 0.15) is 5.75 Å². The molecule has 1 aromatic carbocycles. The third-order valence-corrected chi connectivity index (χ3v) is 3.10. The van der Waals surface area contributed by atoms with Crippen molar-refractivity contribution in [3.05, 3.63) is 29.8 Å². The molecule has 0 heterocycles. The maximum Gasteiger partial charge on any atom is 0.240 e. The smallest absolute Gasteiger partial charge is 0.240 e. The van der Waals surface area contributed by atoms with E-state index >= 15 is 0 Å². The van der Waals surface area contributed by atoms with E-state index in [1.807, 2.05) is 19.9 Å². The molecule has 1 aromatic rings. The van der Waals surface area contributed by atoms with E-state index in [9.17, 15) is 9.90 Å². The van der Waals surface area contributed by atoms with Crippen LogP contribution in [-0.4, -0.2) is 28.5 Å². The number of hydrogen-bond donors (Lipinski definition) is 2. The van der Waals surface area contributed by atoms with Gasteiger partial charge in [-0.1, -0.05) is 12.1 Å². The molecule has 4 nitrogen and oxygen atoms in total. The molecule has 19 heavy (non-hydrogen) atoms. The first kappa shape index (κ1) is 15.1. The molecule has 0 spiro atoms. The Balaban J connectivity index is 2.91. The van der Waals surface area contributed by atoms with Gasteiger partial charge >= 0.3 is 0 Å². The standard InChI is InChI=1S/C15H20N2O2/c1-4-7-14(16)15(19)17(5-2)11(3)12-8-6-9-13(18)10-12/h1,6,8-11,14,18H,5,7,16H2,2-3H3. The highest BCUT2D eigenvalue weighted by Crippen LogP contribution is 2.23. The van der Waals surface area contributed by atoms with Crippen molar-refractivity contribution >= 4 is 5.91 Å². The molecule has 0 aromatic heterocycles. The van der Waals surface area contributed by atoms with Crippen molar-refractivity contribution in [1.82, 2.24) is 4.90 Å². The Kier molecular flexibility index (Phi) is 5.40. The minimum absolute atomic E-state index is 0.159. The molecule has 2 atom stereocenters. The van der Waals surface area contributed by atoms with Crippen molar-refractivity contribution in [2.24, 2.45) is 5.73 Å². The number of rotatable bonds is 5. The van der Waals surface area contributed by atoms with Gasteiger partial charge in [-0.15, -0.1) is 12.3 Å². The highest BCUT2D eigenvalue weighted by atomic mass is 16.3. The first-order valence-electron chi connectivity index (χ1n) is 6.29. The van der Waals surface area contributed by atoms with Crippen molar-refractivity contribution in [1.29, 1.82) is 0 Å². The minimum atomic E-state index is -0.676. The van der Waals surface area contributed by atoms with Gasteiger partial charge in [0.15, 0.2) is 0 Å². The number of benzene rings is 1. The number of carbonyl (C=O) groups excluding carboxylic acids is 1. The molecule has 0 aliphatic carbocycles. The molecule has 0 bridgehead atoms. The molecule has 0 saturated heterocycles. The maximum atomic E-state index is 12.2. The zero-order valence-corrected chi connectivity index (χ0v) is 11.3. The largest absolute Gasteiger partial charge is 0.508 e. The van der Waals surface area contributed by atoms with E-state index < -0.39 is 6.04 Å². The van der Waals surface area contributed by atoms with E-state index in [-0.39, 0.29) is 24.1 Å². The Morgan fingerprint density at radius 3 is 2.79 bits per heavy atom. The molecule has 4 heteroatoms. The Morgan fingerprint density at radius 2 is 2.26 bits per heavy atom. The lowest BCUT2D eigenvalue weighted by Gasteiger charge is -2.30. The minimum Gasteiger partial charge on any atom is -0.508 e. The zero-order chi connectivity index (χ0) is 14.4. The topological polar surface area (TPSA) is 66.6 Å². The van der Waals surface area contributed by atoms with Crippen molar-refractivity contribution < 1.29 is 9.90 Å². The van der Waals surface area contributed by atoms with E-state index in [0.29, 0.717) is 6.54 Å². The lowest BCUT2D eigenvalue weighted by molar-refractivity contribution is -0.134. The molecule has 0 aliphatic heterocycles. The van der Waals surface area contributed by atoms with E-state index in [0.717, 1.165) is 5.56 Å². The molecule has 1 rings (SSSR count). The molecular weight excluding hydrogens is 240 g/mol. The molecular formula is C15H20N2O2. The van der Waals surface area contributed by atoms with Crippen molar-refractivity contribution in [2.45, 2.75) is 32.4 Å². The Bertz CT molecular complexity index is 479. The summed E-state index contributed by atoms with van der Waals surface area (Å²) < 4.78 is 0. The summed E-state index contributed by atoms with van der Waals surface area (Å²) in [4.78, 5) is 13.9. The summed E-state index contributed by atoms with van der Waals surface area (Å²) in [6.45, 7) is 4.33. The lowest BCUT2D eigenvalue weighted by Crippen LogP contribution is -2.44. The summed E-state index contributed by atoms with van der Waals surface area (Å²) in [6, 6.07) is 6.03. The lowest BCUT2D eigenvalue weighted by atomic mass is 10.0. The molecule has 0 fully saturated rings. The molecule has 102 valence electrons. The van der Waals surface area contributed by atoms with Gasteiger partial charge in [-0.25, -0.2) is 0 Å². The number of likely N-dealkylation sites (N-methyl/N-ethyl adjacent to an activating group) is 1. The second-order valence-electron chi connectivity index (χ2n) is 4.41. The van der Waals surface area contributed by atoms with Crippen molar-refractivity contribution in [2.75, 3.05) is 6.54 Å². The van der Waals surface area contributed by atoms with E-state index in [1.165, 1.54) is 0 Å². The second-order valence-corrected chi connectivity index (χ2v) is 4.41. The molecule has 1 amide bonds. The number of phenols is 1. The fourth-order valence-corrected chi connectivity index (χ4v) is 2.01. The Hall–Kier alpha value is -1.99. The molecule has 0 saturated carbocycles. The van der Waals surface area contributed by atoms with Gasteiger partial charge in [0, 0.05) is 13.0 Å². The van der Waals surface area contributed by atoms with Crippen LogP contribution in [0.3, 0.4) is 0 Å². The Morgan fingerprint density at radius 1 is 1.58 bits per heavy atom. The summed E-state index contributed by atoms with van der Waals surface area (Å²) in [6.07, 6.45) is 5.41. The van der Waals surface area contributed by atoms with Crippen LogP contribution in [0.1, 0.15) is 31.9 Å². The van der Waals surface area contributed by atoms with Gasteiger partial charge in [-0.3, -0.25) is 4.79 Å².